The van der Waals surface area contributed by atoms with E-state index in [2.05, 4.69) is 13.8 Å². The number of hydrogen-bond acceptors (Lipinski definition) is 4. The summed E-state index contributed by atoms with van der Waals surface area (Å²) in [7, 11) is 0. The maximum atomic E-state index is 9.71. The van der Waals surface area contributed by atoms with Gasteiger partial charge in [0, 0.05) is 6.07 Å². The molecule has 0 radical (unpaired) electrons. The first kappa shape index (κ1) is 15.1. The third-order valence-corrected chi connectivity index (χ3v) is 3.11. The minimum Gasteiger partial charge on any atom is -0.465 e. The van der Waals surface area contributed by atoms with Gasteiger partial charge in [0.2, 0.25) is 0 Å². The molecule has 1 heterocycles. The fraction of sp³-hybridized carbons (Fsp3) is 0.714. The molecule has 0 aliphatic carbocycles. The Labute approximate surface area is 109 Å². The summed E-state index contributed by atoms with van der Waals surface area (Å²) in [4.78, 5) is 0. The van der Waals surface area contributed by atoms with E-state index in [0.717, 1.165) is 6.42 Å². The average Bonchev–Trinajstić information content (AvgIpc) is 2.83. The van der Waals surface area contributed by atoms with Gasteiger partial charge < -0.3 is 20.0 Å². The molecule has 0 fully saturated rings. The topological polar surface area (TPSA) is 68.6 Å². The van der Waals surface area contributed by atoms with Gasteiger partial charge in [-0.05, 0) is 31.4 Å². The molecule has 4 nitrogen and oxygen atoms in total. The summed E-state index contributed by atoms with van der Waals surface area (Å²) in [5, 5.41) is 9.71. The first-order chi connectivity index (χ1) is 8.71. The predicted octanol–water partition coefficient (Wildman–Crippen LogP) is 2.87. The largest absolute Gasteiger partial charge is 0.465 e. The van der Waals surface area contributed by atoms with Crippen LogP contribution < -0.4 is 10.5 Å². The van der Waals surface area contributed by atoms with Gasteiger partial charge in [-0.2, -0.15) is 0 Å². The number of aliphatic hydroxyl groups excluding tert-OH is 1. The van der Waals surface area contributed by atoms with Gasteiger partial charge in [0.1, 0.15) is 11.9 Å². The van der Waals surface area contributed by atoms with Gasteiger partial charge >= 0.3 is 0 Å². The molecule has 3 N–H and O–H groups in total. The maximum absolute atomic E-state index is 9.71. The molecule has 18 heavy (non-hydrogen) atoms. The average molecular weight is 255 g/mol. The van der Waals surface area contributed by atoms with E-state index >= 15 is 0 Å². The second-order valence-corrected chi connectivity index (χ2v) is 4.62. The van der Waals surface area contributed by atoms with Crippen molar-refractivity contribution in [3.8, 4) is 5.95 Å². The lowest BCUT2D eigenvalue weighted by atomic mass is 10.0. The zero-order chi connectivity index (χ0) is 13.4. The van der Waals surface area contributed by atoms with Crippen molar-refractivity contribution in [1.82, 2.24) is 0 Å². The van der Waals surface area contributed by atoms with E-state index in [4.69, 9.17) is 14.9 Å². The SMILES string of the molecule is CCCC(CC)COc1ccc([C@H](O)CCN)o1. The van der Waals surface area contributed by atoms with E-state index in [1.807, 2.05) is 0 Å². The Bertz CT molecular complexity index is 325. The number of hydrogen-bond donors (Lipinski definition) is 2. The highest BCUT2D eigenvalue weighted by molar-refractivity contribution is 5.13. The normalized spacial score (nSPS) is 14.4. The first-order valence-electron chi connectivity index (χ1n) is 6.81. The van der Waals surface area contributed by atoms with Crippen LogP contribution in [0.4, 0.5) is 0 Å². The van der Waals surface area contributed by atoms with Gasteiger partial charge in [0.05, 0.1) is 6.61 Å². The zero-order valence-electron chi connectivity index (χ0n) is 11.4. The summed E-state index contributed by atoms with van der Waals surface area (Å²) in [6.07, 6.45) is 3.31. The van der Waals surface area contributed by atoms with Gasteiger partial charge in [0.25, 0.3) is 5.95 Å². The summed E-state index contributed by atoms with van der Waals surface area (Å²) < 4.78 is 11.1. The highest BCUT2D eigenvalue weighted by atomic mass is 16.6. The molecule has 0 saturated carbocycles. The zero-order valence-corrected chi connectivity index (χ0v) is 11.4. The molecule has 2 atom stereocenters. The predicted molar refractivity (Wildman–Crippen MR) is 71.5 cm³/mol. The lowest BCUT2D eigenvalue weighted by Gasteiger charge is -2.13. The van der Waals surface area contributed by atoms with Crippen LogP contribution in [0.25, 0.3) is 0 Å². The van der Waals surface area contributed by atoms with Crippen LogP contribution in [0, 0.1) is 5.92 Å². The molecule has 1 unspecified atom stereocenters. The van der Waals surface area contributed by atoms with Crippen LogP contribution in [0.5, 0.6) is 5.95 Å². The second kappa shape index (κ2) is 8.16. The van der Waals surface area contributed by atoms with E-state index in [-0.39, 0.29) is 0 Å². The third kappa shape index (κ3) is 4.70. The Morgan fingerprint density at radius 2 is 2.11 bits per heavy atom. The molecule has 104 valence electrons. The molecular weight excluding hydrogens is 230 g/mol. The minimum atomic E-state index is -0.634. The Kier molecular flexibility index (Phi) is 6.83. The van der Waals surface area contributed by atoms with E-state index in [1.54, 1.807) is 12.1 Å². The van der Waals surface area contributed by atoms with Crippen molar-refractivity contribution in [3.05, 3.63) is 17.9 Å². The molecule has 0 spiro atoms. The summed E-state index contributed by atoms with van der Waals surface area (Å²) in [5.74, 6) is 1.58. The van der Waals surface area contributed by atoms with Crippen molar-refractivity contribution in [2.45, 2.75) is 45.6 Å². The summed E-state index contributed by atoms with van der Waals surface area (Å²) in [6, 6.07) is 3.50. The highest BCUT2D eigenvalue weighted by Crippen LogP contribution is 2.24. The van der Waals surface area contributed by atoms with Crippen LogP contribution in [0.15, 0.2) is 16.5 Å². The Morgan fingerprint density at radius 3 is 2.72 bits per heavy atom. The summed E-state index contributed by atoms with van der Waals surface area (Å²) in [5.41, 5.74) is 5.39. The van der Waals surface area contributed by atoms with Crippen molar-refractivity contribution in [2.75, 3.05) is 13.2 Å². The lowest BCUT2D eigenvalue weighted by Crippen LogP contribution is -2.10. The molecule has 0 aliphatic rings. The maximum Gasteiger partial charge on any atom is 0.284 e. The van der Waals surface area contributed by atoms with E-state index in [0.29, 0.717) is 37.2 Å². The van der Waals surface area contributed by atoms with Crippen LogP contribution >= 0.6 is 0 Å². The number of rotatable bonds is 9. The van der Waals surface area contributed by atoms with Gasteiger partial charge in [-0.3, -0.25) is 0 Å². The number of ether oxygens (including phenoxy) is 1. The van der Waals surface area contributed by atoms with Crippen molar-refractivity contribution in [2.24, 2.45) is 11.7 Å². The standard InChI is InChI=1S/C14H25NO3/c1-3-5-11(4-2)10-17-14-7-6-13(18-14)12(16)8-9-15/h6-7,11-12,16H,3-5,8-10,15H2,1-2H3/t11?,12-/m1/s1. The van der Waals surface area contributed by atoms with Crippen molar-refractivity contribution in [1.29, 1.82) is 0 Å². The van der Waals surface area contributed by atoms with Gasteiger partial charge in [-0.25, -0.2) is 0 Å². The summed E-state index contributed by atoms with van der Waals surface area (Å²) in [6.45, 7) is 5.45. The lowest BCUT2D eigenvalue weighted by molar-refractivity contribution is 0.126. The van der Waals surface area contributed by atoms with Crippen LogP contribution in [0.2, 0.25) is 0 Å². The van der Waals surface area contributed by atoms with Crippen molar-refractivity contribution < 1.29 is 14.3 Å². The second-order valence-electron chi connectivity index (χ2n) is 4.62. The molecule has 0 saturated heterocycles. The van der Waals surface area contributed by atoms with E-state index in [1.165, 1.54) is 12.8 Å². The smallest absolute Gasteiger partial charge is 0.284 e. The minimum absolute atomic E-state index is 0.437. The van der Waals surface area contributed by atoms with Crippen molar-refractivity contribution >= 4 is 0 Å². The molecule has 1 rings (SSSR count). The Balaban J connectivity index is 2.43. The van der Waals surface area contributed by atoms with Gasteiger partial charge in [-0.1, -0.05) is 26.7 Å². The highest BCUT2D eigenvalue weighted by Gasteiger charge is 2.13. The molecular formula is C14H25NO3. The molecule has 1 aromatic rings. The molecule has 0 aromatic carbocycles. The molecule has 1 aromatic heterocycles. The molecule has 0 bridgehead atoms. The number of nitrogens with two attached hydrogens (primary N) is 1. The summed E-state index contributed by atoms with van der Waals surface area (Å²) >= 11 is 0. The quantitative estimate of drug-likeness (QED) is 0.712. The van der Waals surface area contributed by atoms with Crippen LogP contribution in [0.3, 0.4) is 0 Å². The number of aliphatic hydroxyl groups is 1. The Hall–Kier alpha value is -1.00. The first-order valence-corrected chi connectivity index (χ1v) is 6.81. The van der Waals surface area contributed by atoms with Crippen LogP contribution in [-0.2, 0) is 0 Å². The Morgan fingerprint density at radius 1 is 1.33 bits per heavy atom. The fourth-order valence-electron chi connectivity index (χ4n) is 1.90. The van der Waals surface area contributed by atoms with Crippen molar-refractivity contribution in [3.63, 3.8) is 0 Å². The monoisotopic (exact) mass is 255 g/mol. The fourth-order valence-corrected chi connectivity index (χ4v) is 1.90. The van der Waals surface area contributed by atoms with E-state index in [9.17, 15) is 5.11 Å². The number of furan rings is 1. The van der Waals surface area contributed by atoms with Crippen LogP contribution in [-0.4, -0.2) is 18.3 Å². The van der Waals surface area contributed by atoms with Gasteiger partial charge in [-0.15, -0.1) is 0 Å². The van der Waals surface area contributed by atoms with E-state index < -0.39 is 6.10 Å². The molecule has 0 amide bonds. The van der Waals surface area contributed by atoms with Crippen LogP contribution in [0.1, 0.15) is 51.4 Å². The third-order valence-electron chi connectivity index (χ3n) is 3.11. The molecule has 4 heteroatoms. The van der Waals surface area contributed by atoms with Gasteiger partial charge in [0.15, 0.2) is 0 Å². The molecule has 0 aliphatic heterocycles.